The zero-order valence-electron chi connectivity index (χ0n) is 12.7. The van der Waals surface area contributed by atoms with E-state index in [2.05, 4.69) is 22.5 Å². The van der Waals surface area contributed by atoms with Crippen LogP contribution in [0.5, 0.6) is 0 Å². The molecule has 1 saturated carbocycles. The zero-order chi connectivity index (χ0) is 14.9. The van der Waals surface area contributed by atoms with E-state index < -0.39 is 0 Å². The van der Waals surface area contributed by atoms with Gasteiger partial charge < -0.3 is 15.4 Å². The van der Waals surface area contributed by atoms with Gasteiger partial charge in [-0.1, -0.05) is 25.8 Å². The fraction of sp³-hybridized carbons (Fsp3) is 0.625. The predicted molar refractivity (Wildman–Crippen MR) is 83.6 cm³/mol. The average molecular weight is 291 g/mol. The van der Waals surface area contributed by atoms with Crippen LogP contribution in [0, 0.1) is 0 Å². The highest BCUT2D eigenvalue weighted by Gasteiger charge is 2.15. The van der Waals surface area contributed by atoms with Gasteiger partial charge in [0.05, 0.1) is 12.7 Å². The van der Waals surface area contributed by atoms with Gasteiger partial charge in [0.2, 0.25) is 0 Å². The second-order valence-electron chi connectivity index (χ2n) is 5.37. The van der Waals surface area contributed by atoms with Crippen LogP contribution in [0.25, 0.3) is 0 Å². The molecule has 1 aromatic heterocycles. The van der Waals surface area contributed by atoms with Gasteiger partial charge >= 0.3 is 0 Å². The molecule has 0 bridgehead atoms. The smallest absolute Gasteiger partial charge is 0.270 e. The number of amides is 1. The summed E-state index contributed by atoms with van der Waals surface area (Å²) in [4.78, 5) is 16.3. The molecule has 21 heavy (non-hydrogen) atoms. The van der Waals surface area contributed by atoms with E-state index in [1.807, 2.05) is 12.1 Å². The van der Waals surface area contributed by atoms with Gasteiger partial charge in [-0.15, -0.1) is 0 Å². The average Bonchev–Trinajstić information content (AvgIpc) is 3.03. The Morgan fingerprint density at radius 3 is 2.90 bits per heavy atom. The van der Waals surface area contributed by atoms with Crippen LogP contribution in [-0.4, -0.2) is 36.7 Å². The number of ether oxygens (including phenoxy) is 1. The molecule has 2 rings (SSSR count). The van der Waals surface area contributed by atoms with Gasteiger partial charge in [-0.05, 0) is 31.4 Å². The largest absolute Gasteiger partial charge is 0.376 e. The van der Waals surface area contributed by atoms with Gasteiger partial charge in [0.15, 0.2) is 0 Å². The lowest BCUT2D eigenvalue weighted by molar-refractivity contribution is 0.0581. The number of carbonyl (C=O) groups is 1. The highest BCUT2D eigenvalue weighted by atomic mass is 16.5. The Morgan fingerprint density at radius 2 is 2.14 bits per heavy atom. The summed E-state index contributed by atoms with van der Waals surface area (Å²) in [6.45, 7) is 4.05. The molecule has 0 saturated heterocycles. The van der Waals surface area contributed by atoms with Gasteiger partial charge in [-0.3, -0.25) is 4.79 Å². The third-order valence-electron chi connectivity index (χ3n) is 3.58. The molecule has 5 heteroatoms. The van der Waals surface area contributed by atoms with Crippen LogP contribution in [-0.2, 0) is 4.74 Å². The molecule has 0 atom stereocenters. The molecular weight excluding hydrogens is 266 g/mol. The van der Waals surface area contributed by atoms with Gasteiger partial charge in [0.25, 0.3) is 5.91 Å². The van der Waals surface area contributed by atoms with Crippen molar-refractivity contribution < 1.29 is 9.53 Å². The molecule has 1 amide bonds. The van der Waals surface area contributed by atoms with Gasteiger partial charge in [-0.25, -0.2) is 4.98 Å². The van der Waals surface area contributed by atoms with Gasteiger partial charge in [-0.2, -0.15) is 0 Å². The molecule has 1 aliphatic rings. The Kier molecular flexibility index (Phi) is 6.47. The quantitative estimate of drug-likeness (QED) is 0.723. The van der Waals surface area contributed by atoms with E-state index in [9.17, 15) is 4.79 Å². The van der Waals surface area contributed by atoms with Crippen molar-refractivity contribution in [1.82, 2.24) is 10.3 Å². The molecule has 2 N–H and O–H groups in total. The van der Waals surface area contributed by atoms with Crippen molar-refractivity contribution >= 4 is 11.7 Å². The maximum Gasteiger partial charge on any atom is 0.270 e. The van der Waals surface area contributed by atoms with Crippen LogP contribution in [0.3, 0.4) is 0 Å². The number of pyridine rings is 1. The molecule has 116 valence electrons. The molecule has 1 fully saturated rings. The van der Waals surface area contributed by atoms with Crippen molar-refractivity contribution in [3.63, 3.8) is 0 Å². The first-order valence-corrected chi connectivity index (χ1v) is 7.90. The zero-order valence-corrected chi connectivity index (χ0v) is 12.7. The SMILES string of the molecule is CCCNc1cccc(C(=O)NCCOC2CCCC2)n1. The second-order valence-corrected chi connectivity index (χ2v) is 5.37. The number of hydrogen-bond donors (Lipinski definition) is 2. The Balaban J connectivity index is 1.71. The Bertz CT molecular complexity index is 445. The molecule has 5 nitrogen and oxygen atoms in total. The Labute approximate surface area is 126 Å². The van der Waals surface area contributed by atoms with Crippen LogP contribution in [0.4, 0.5) is 5.82 Å². The van der Waals surface area contributed by atoms with Crippen LogP contribution in [0.2, 0.25) is 0 Å². The summed E-state index contributed by atoms with van der Waals surface area (Å²) in [5, 5.41) is 6.03. The summed E-state index contributed by atoms with van der Waals surface area (Å²) in [5.74, 6) is 0.594. The van der Waals surface area contributed by atoms with E-state index in [1.54, 1.807) is 6.07 Å². The lowest BCUT2D eigenvalue weighted by Gasteiger charge is -2.11. The summed E-state index contributed by atoms with van der Waals surface area (Å²) >= 11 is 0. The van der Waals surface area contributed by atoms with E-state index in [4.69, 9.17) is 4.74 Å². The maximum atomic E-state index is 12.0. The van der Waals surface area contributed by atoms with E-state index in [1.165, 1.54) is 12.8 Å². The topological polar surface area (TPSA) is 63.2 Å². The number of nitrogens with one attached hydrogen (secondary N) is 2. The minimum absolute atomic E-state index is 0.148. The fourth-order valence-electron chi connectivity index (χ4n) is 2.45. The van der Waals surface area contributed by atoms with Crippen molar-refractivity contribution in [2.24, 2.45) is 0 Å². The number of anilines is 1. The summed E-state index contributed by atoms with van der Waals surface area (Å²) in [7, 11) is 0. The highest BCUT2D eigenvalue weighted by molar-refractivity contribution is 5.92. The third kappa shape index (κ3) is 5.34. The van der Waals surface area contributed by atoms with Crippen molar-refractivity contribution in [2.45, 2.75) is 45.1 Å². The number of nitrogens with zero attached hydrogens (tertiary/aromatic N) is 1. The van der Waals surface area contributed by atoms with E-state index in [-0.39, 0.29) is 5.91 Å². The van der Waals surface area contributed by atoms with Crippen LogP contribution < -0.4 is 10.6 Å². The first-order chi connectivity index (χ1) is 10.3. The Hall–Kier alpha value is -1.62. The monoisotopic (exact) mass is 291 g/mol. The van der Waals surface area contributed by atoms with Crippen LogP contribution in [0.15, 0.2) is 18.2 Å². The maximum absolute atomic E-state index is 12.0. The molecule has 0 spiro atoms. The number of hydrogen-bond acceptors (Lipinski definition) is 4. The van der Waals surface area contributed by atoms with Crippen molar-refractivity contribution in [1.29, 1.82) is 0 Å². The molecular formula is C16H25N3O2. The van der Waals surface area contributed by atoms with E-state index in [0.717, 1.165) is 31.6 Å². The standard InChI is InChI=1S/C16H25N3O2/c1-2-10-17-15-9-5-8-14(19-15)16(20)18-11-12-21-13-6-3-4-7-13/h5,8-9,13H,2-4,6-7,10-12H2,1H3,(H,17,19)(H,18,20). The molecule has 0 aromatic carbocycles. The molecule has 0 aliphatic heterocycles. The number of rotatable bonds is 8. The van der Waals surface area contributed by atoms with Crippen LogP contribution >= 0.6 is 0 Å². The molecule has 0 radical (unpaired) electrons. The van der Waals surface area contributed by atoms with E-state index >= 15 is 0 Å². The van der Waals surface area contributed by atoms with Crippen molar-refractivity contribution in [2.75, 3.05) is 25.0 Å². The van der Waals surface area contributed by atoms with E-state index in [0.29, 0.717) is 24.9 Å². The summed E-state index contributed by atoms with van der Waals surface area (Å²) in [6.07, 6.45) is 6.25. The highest BCUT2D eigenvalue weighted by Crippen LogP contribution is 2.20. The summed E-state index contributed by atoms with van der Waals surface area (Å²) in [6, 6.07) is 5.44. The summed E-state index contributed by atoms with van der Waals surface area (Å²) in [5.41, 5.74) is 0.442. The molecule has 1 aliphatic carbocycles. The van der Waals surface area contributed by atoms with Crippen molar-refractivity contribution in [3.05, 3.63) is 23.9 Å². The lowest BCUT2D eigenvalue weighted by Crippen LogP contribution is -2.29. The van der Waals surface area contributed by atoms with Crippen molar-refractivity contribution in [3.8, 4) is 0 Å². The normalized spacial score (nSPS) is 15.1. The fourth-order valence-corrected chi connectivity index (χ4v) is 2.45. The third-order valence-corrected chi connectivity index (χ3v) is 3.58. The van der Waals surface area contributed by atoms with Crippen LogP contribution in [0.1, 0.15) is 49.5 Å². The number of aromatic nitrogens is 1. The lowest BCUT2D eigenvalue weighted by atomic mass is 10.3. The minimum Gasteiger partial charge on any atom is -0.376 e. The Morgan fingerprint density at radius 1 is 1.33 bits per heavy atom. The van der Waals surface area contributed by atoms with Gasteiger partial charge in [0, 0.05) is 13.1 Å². The minimum atomic E-state index is -0.148. The summed E-state index contributed by atoms with van der Waals surface area (Å²) < 4.78 is 5.72. The first kappa shape index (κ1) is 15.8. The second kappa shape index (κ2) is 8.62. The molecule has 1 aromatic rings. The first-order valence-electron chi connectivity index (χ1n) is 7.90. The number of carbonyl (C=O) groups excluding carboxylic acids is 1. The molecule has 1 heterocycles. The predicted octanol–water partition coefficient (Wildman–Crippen LogP) is 2.59. The van der Waals surface area contributed by atoms with Gasteiger partial charge in [0.1, 0.15) is 11.5 Å². The molecule has 0 unspecified atom stereocenters.